The van der Waals surface area contributed by atoms with Crippen molar-refractivity contribution in [2.75, 3.05) is 31.6 Å². The standard InChI is InChI=1S/C14H22BrN3/c1-14(2)10-17(3)11(8-16)9-18(14)13-7-5-4-6-12(13)15/h4-7,11H,8-10,16H2,1-3H3. The first kappa shape index (κ1) is 13.8. The Balaban J connectivity index is 2.33. The summed E-state index contributed by atoms with van der Waals surface area (Å²) in [5.74, 6) is 0. The summed E-state index contributed by atoms with van der Waals surface area (Å²) in [5.41, 5.74) is 7.25. The Morgan fingerprint density at radius 3 is 2.67 bits per heavy atom. The summed E-state index contributed by atoms with van der Waals surface area (Å²) >= 11 is 3.65. The minimum Gasteiger partial charge on any atom is -0.363 e. The molecule has 1 atom stereocenters. The van der Waals surface area contributed by atoms with Gasteiger partial charge in [0, 0.05) is 35.7 Å². The van der Waals surface area contributed by atoms with Gasteiger partial charge in [-0.1, -0.05) is 12.1 Å². The fraction of sp³-hybridized carbons (Fsp3) is 0.571. The van der Waals surface area contributed by atoms with Crippen molar-refractivity contribution < 1.29 is 0 Å². The van der Waals surface area contributed by atoms with Gasteiger partial charge in [0.1, 0.15) is 0 Å². The van der Waals surface area contributed by atoms with Crippen molar-refractivity contribution in [1.82, 2.24) is 4.90 Å². The number of anilines is 1. The molecule has 1 aromatic rings. The van der Waals surface area contributed by atoms with E-state index in [-0.39, 0.29) is 5.54 Å². The van der Waals surface area contributed by atoms with Gasteiger partial charge in [0.25, 0.3) is 0 Å². The van der Waals surface area contributed by atoms with Crippen LogP contribution in [0.3, 0.4) is 0 Å². The van der Waals surface area contributed by atoms with Crippen LogP contribution in [-0.4, -0.2) is 43.2 Å². The number of rotatable bonds is 2. The fourth-order valence-electron chi connectivity index (χ4n) is 2.77. The van der Waals surface area contributed by atoms with E-state index in [1.54, 1.807) is 0 Å². The van der Waals surface area contributed by atoms with E-state index in [2.05, 4.69) is 70.9 Å². The van der Waals surface area contributed by atoms with Crippen LogP contribution in [0.2, 0.25) is 0 Å². The van der Waals surface area contributed by atoms with Crippen molar-refractivity contribution in [2.24, 2.45) is 5.73 Å². The maximum Gasteiger partial charge on any atom is 0.0516 e. The fourth-order valence-corrected chi connectivity index (χ4v) is 3.27. The SMILES string of the molecule is CN1CC(C)(C)N(c2ccccc2Br)CC1CN. The molecule has 1 aromatic carbocycles. The first-order valence-corrected chi connectivity index (χ1v) is 7.17. The van der Waals surface area contributed by atoms with Gasteiger partial charge >= 0.3 is 0 Å². The molecule has 0 amide bonds. The molecule has 1 aliphatic rings. The van der Waals surface area contributed by atoms with E-state index < -0.39 is 0 Å². The maximum absolute atomic E-state index is 5.88. The lowest BCUT2D eigenvalue weighted by Gasteiger charge is -2.51. The van der Waals surface area contributed by atoms with E-state index in [0.29, 0.717) is 12.6 Å². The lowest BCUT2D eigenvalue weighted by molar-refractivity contribution is 0.155. The van der Waals surface area contributed by atoms with Crippen molar-refractivity contribution in [1.29, 1.82) is 0 Å². The zero-order chi connectivity index (χ0) is 13.3. The molecular formula is C14H22BrN3. The Kier molecular flexibility index (Phi) is 3.99. The molecule has 0 aliphatic carbocycles. The lowest BCUT2D eigenvalue weighted by atomic mass is 9.95. The summed E-state index contributed by atoms with van der Waals surface area (Å²) in [6, 6.07) is 8.83. The number of nitrogens with two attached hydrogens (primary N) is 1. The molecule has 0 spiro atoms. The van der Waals surface area contributed by atoms with Crippen molar-refractivity contribution in [2.45, 2.75) is 25.4 Å². The van der Waals surface area contributed by atoms with Gasteiger partial charge in [0.15, 0.2) is 0 Å². The van der Waals surface area contributed by atoms with Gasteiger partial charge < -0.3 is 10.6 Å². The molecule has 1 unspecified atom stereocenters. The summed E-state index contributed by atoms with van der Waals surface area (Å²) in [7, 11) is 2.16. The zero-order valence-electron chi connectivity index (χ0n) is 11.4. The predicted molar refractivity (Wildman–Crippen MR) is 81.0 cm³/mol. The average molecular weight is 312 g/mol. The number of nitrogens with zero attached hydrogens (tertiary/aromatic N) is 2. The number of hydrogen-bond donors (Lipinski definition) is 1. The maximum atomic E-state index is 5.88. The van der Waals surface area contributed by atoms with Gasteiger partial charge in [0.2, 0.25) is 0 Å². The normalized spacial score (nSPS) is 24.3. The van der Waals surface area contributed by atoms with Crippen LogP contribution in [0, 0.1) is 0 Å². The van der Waals surface area contributed by atoms with Gasteiger partial charge in [-0.25, -0.2) is 0 Å². The van der Waals surface area contributed by atoms with Gasteiger partial charge in [-0.15, -0.1) is 0 Å². The molecule has 18 heavy (non-hydrogen) atoms. The third kappa shape index (κ3) is 2.56. The van der Waals surface area contributed by atoms with Crippen molar-refractivity contribution in [3.8, 4) is 0 Å². The van der Waals surface area contributed by atoms with Crippen LogP contribution in [0.25, 0.3) is 0 Å². The molecule has 1 aliphatic heterocycles. The number of halogens is 1. The Hall–Kier alpha value is -0.580. The molecule has 1 fully saturated rings. The minimum atomic E-state index is 0.115. The summed E-state index contributed by atoms with van der Waals surface area (Å²) in [5, 5.41) is 0. The van der Waals surface area contributed by atoms with Crippen LogP contribution in [0.4, 0.5) is 5.69 Å². The van der Waals surface area contributed by atoms with Gasteiger partial charge in [-0.3, -0.25) is 4.90 Å². The monoisotopic (exact) mass is 311 g/mol. The van der Waals surface area contributed by atoms with Crippen LogP contribution in [0.5, 0.6) is 0 Å². The van der Waals surface area contributed by atoms with E-state index in [0.717, 1.165) is 17.6 Å². The van der Waals surface area contributed by atoms with Crippen LogP contribution in [-0.2, 0) is 0 Å². The van der Waals surface area contributed by atoms with E-state index in [4.69, 9.17) is 5.73 Å². The van der Waals surface area contributed by atoms with Crippen LogP contribution in [0.15, 0.2) is 28.7 Å². The quantitative estimate of drug-likeness (QED) is 0.909. The lowest BCUT2D eigenvalue weighted by Crippen LogP contribution is -2.64. The van der Waals surface area contributed by atoms with Crippen LogP contribution < -0.4 is 10.6 Å². The molecule has 2 N–H and O–H groups in total. The third-order valence-electron chi connectivity index (χ3n) is 3.80. The zero-order valence-corrected chi connectivity index (χ0v) is 12.9. The van der Waals surface area contributed by atoms with Crippen molar-refractivity contribution in [3.05, 3.63) is 28.7 Å². The van der Waals surface area contributed by atoms with Gasteiger partial charge in [-0.2, -0.15) is 0 Å². The highest BCUT2D eigenvalue weighted by Gasteiger charge is 2.37. The van der Waals surface area contributed by atoms with Gasteiger partial charge in [0.05, 0.1) is 5.69 Å². The minimum absolute atomic E-state index is 0.115. The Labute approximate surface area is 118 Å². The number of piperazine rings is 1. The molecule has 100 valence electrons. The van der Waals surface area contributed by atoms with E-state index in [9.17, 15) is 0 Å². The molecule has 3 nitrogen and oxygen atoms in total. The summed E-state index contributed by atoms with van der Waals surface area (Å²) in [4.78, 5) is 4.84. The molecule has 1 heterocycles. The summed E-state index contributed by atoms with van der Waals surface area (Å²) in [6.45, 7) is 7.28. The number of hydrogen-bond acceptors (Lipinski definition) is 3. The second-order valence-electron chi connectivity index (χ2n) is 5.68. The topological polar surface area (TPSA) is 32.5 Å². The van der Waals surface area contributed by atoms with Crippen LogP contribution >= 0.6 is 15.9 Å². The molecule has 0 aromatic heterocycles. The average Bonchev–Trinajstić information content (AvgIpc) is 2.30. The highest BCUT2D eigenvalue weighted by atomic mass is 79.9. The highest BCUT2D eigenvalue weighted by molar-refractivity contribution is 9.10. The van der Waals surface area contributed by atoms with E-state index in [1.807, 2.05) is 0 Å². The summed E-state index contributed by atoms with van der Waals surface area (Å²) < 4.78 is 1.15. The molecule has 0 radical (unpaired) electrons. The molecule has 0 bridgehead atoms. The molecular weight excluding hydrogens is 290 g/mol. The molecule has 1 saturated heterocycles. The summed E-state index contributed by atoms with van der Waals surface area (Å²) in [6.07, 6.45) is 0. The number of likely N-dealkylation sites (N-methyl/N-ethyl adjacent to an activating group) is 1. The van der Waals surface area contributed by atoms with E-state index >= 15 is 0 Å². The second kappa shape index (κ2) is 5.19. The third-order valence-corrected chi connectivity index (χ3v) is 4.47. The van der Waals surface area contributed by atoms with Crippen molar-refractivity contribution in [3.63, 3.8) is 0 Å². The second-order valence-corrected chi connectivity index (χ2v) is 6.53. The first-order chi connectivity index (χ1) is 8.45. The predicted octanol–water partition coefficient (Wildman–Crippen LogP) is 2.31. The molecule has 0 saturated carbocycles. The first-order valence-electron chi connectivity index (χ1n) is 6.38. The Bertz CT molecular complexity index is 419. The number of benzene rings is 1. The number of para-hydroxylation sites is 1. The Morgan fingerprint density at radius 1 is 1.39 bits per heavy atom. The smallest absolute Gasteiger partial charge is 0.0516 e. The van der Waals surface area contributed by atoms with Crippen LogP contribution in [0.1, 0.15) is 13.8 Å². The van der Waals surface area contributed by atoms with Crippen molar-refractivity contribution >= 4 is 21.6 Å². The highest BCUT2D eigenvalue weighted by Crippen LogP contribution is 2.34. The molecule has 2 rings (SSSR count). The largest absolute Gasteiger partial charge is 0.363 e. The van der Waals surface area contributed by atoms with Gasteiger partial charge in [-0.05, 0) is 49.0 Å². The molecule has 4 heteroatoms. The Morgan fingerprint density at radius 2 is 2.06 bits per heavy atom. The van der Waals surface area contributed by atoms with E-state index in [1.165, 1.54) is 5.69 Å².